The lowest BCUT2D eigenvalue weighted by Crippen LogP contribution is -2.31. The predicted molar refractivity (Wildman–Crippen MR) is 141 cm³/mol. The first kappa shape index (κ1) is 27.0. The first-order chi connectivity index (χ1) is 18.5. The van der Waals surface area contributed by atoms with Crippen molar-refractivity contribution in [2.75, 3.05) is 0 Å². The SMILES string of the molecule is O=C1CC(c2ccc(C[C@H](NS(=O)(=O)c3cccc(OC(F)F)c3)c3nc4ccccc4[nH]3)cc2)S(O)(O)N1. The van der Waals surface area contributed by atoms with Gasteiger partial charge in [0.05, 0.1) is 28.4 Å². The van der Waals surface area contributed by atoms with Gasteiger partial charge in [-0.3, -0.25) is 18.6 Å². The van der Waals surface area contributed by atoms with E-state index in [-0.39, 0.29) is 23.5 Å². The number of hydrogen-bond donors (Lipinski definition) is 5. The second-order valence-corrected chi connectivity index (χ2v) is 12.6. The van der Waals surface area contributed by atoms with Crippen LogP contribution in [0.25, 0.3) is 11.0 Å². The Kier molecular flexibility index (Phi) is 7.31. The third kappa shape index (κ3) is 6.04. The minimum atomic E-state index is -4.21. The third-order valence-corrected chi connectivity index (χ3v) is 9.43. The summed E-state index contributed by atoms with van der Waals surface area (Å²) >= 11 is 0. The Hall–Kier alpha value is -3.56. The highest BCUT2D eigenvalue weighted by atomic mass is 32.3. The van der Waals surface area contributed by atoms with Crippen LogP contribution in [0.15, 0.2) is 77.7 Å². The topological polar surface area (TPSA) is 154 Å². The monoisotopic (exact) mass is 578 g/mol. The van der Waals surface area contributed by atoms with Crippen LogP contribution in [0.3, 0.4) is 0 Å². The van der Waals surface area contributed by atoms with Gasteiger partial charge in [0.1, 0.15) is 16.8 Å². The molecule has 0 aliphatic carbocycles. The Morgan fingerprint density at radius 3 is 2.49 bits per heavy atom. The summed E-state index contributed by atoms with van der Waals surface area (Å²) in [4.78, 5) is 19.1. The molecule has 0 radical (unpaired) electrons. The molecule has 14 heteroatoms. The number of ether oxygens (including phenoxy) is 1. The molecule has 4 aromatic rings. The number of hydrogen-bond acceptors (Lipinski definition) is 7. The number of H-pyrrole nitrogens is 1. The van der Waals surface area contributed by atoms with E-state index in [0.717, 1.165) is 6.07 Å². The minimum Gasteiger partial charge on any atom is -0.435 e. The number of imidazole rings is 1. The first-order valence-corrected chi connectivity index (χ1v) is 14.8. The van der Waals surface area contributed by atoms with Gasteiger partial charge in [-0.15, -0.1) is 10.8 Å². The summed E-state index contributed by atoms with van der Waals surface area (Å²) < 4.78 is 81.5. The number of carbonyl (C=O) groups is 1. The average Bonchev–Trinajstić information content (AvgIpc) is 3.43. The number of halogens is 2. The number of nitrogens with one attached hydrogen (secondary N) is 3. The van der Waals surface area contributed by atoms with E-state index in [1.165, 1.54) is 18.2 Å². The molecule has 1 amide bonds. The van der Waals surface area contributed by atoms with Crippen molar-refractivity contribution >= 4 is 37.7 Å². The van der Waals surface area contributed by atoms with Crippen LogP contribution < -0.4 is 14.2 Å². The van der Waals surface area contributed by atoms with Crippen LogP contribution >= 0.6 is 10.8 Å². The van der Waals surface area contributed by atoms with Gasteiger partial charge in [0.2, 0.25) is 15.9 Å². The quantitative estimate of drug-likeness (QED) is 0.194. The highest BCUT2D eigenvalue weighted by Crippen LogP contribution is 2.56. The summed E-state index contributed by atoms with van der Waals surface area (Å²) in [6.07, 6.45) is 0.0854. The van der Waals surface area contributed by atoms with E-state index in [4.69, 9.17) is 0 Å². The average molecular weight is 579 g/mol. The van der Waals surface area contributed by atoms with Crippen LogP contribution in [-0.2, 0) is 21.2 Å². The standard InChI is InChI=1S/C25H24F2N4O6S2/c26-25(27)37-17-4-3-5-18(13-17)38(33,34)30-21(24-28-19-6-1-2-7-20(19)29-24)12-15-8-10-16(11-9-15)22-14-23(32)31-39(22,35)36/h1-11,13,21-22,25,30,35-36H,12,14H2,(H,28,29)(H,31,32)/t21-,22?/m0/s1. The van der Waals surface area contributed by atoms with Crippen molar-refractivity contribution in [1.82, 2.24) is 19.4 Å². The molecule has 39 heavy (non-hydrogen) atoms. The zero-order chi connectivity index (χ0) is 27.8. The summed E-state index contributed by atoms with van der Waals surface area (Å²) in [6.45, 7) is -3.11. The normalized spacial score (nSPS) is 18.7. The number of nitrogens with zero attached hydrogens (tertiary/aromatic N) is 1. The second-order valence-electron chi connectivity index (χ2n) is 8.92. The number of amides is 1. The second kappa shape index (κ2) is 10.5. The fourth-order valence-electron chi connectivity index (χ4n) is 4.38. The molecule has 2 atom stereocenters. The summed E-state index contributed by atoms with van der Waals surface area (Å²) in [7, 11) is -7.52. The molecule has 1 aromatic heterocycles. The maximum atomic E-state index is 13.3. The van der Waals surface area contributed by atoms with Crippen LogP contribution in [0.2, 0.25) is 0 Å². The Bertz CT molecular complexity index is 1580. The molecule has 1 saturated heterocycles. The Morgan fingerprint density at radius 2 is 1.82 bits per heavy atom. The van der Waals surface area contributed by atoms with Crippen LogP contribution in [0.1, 0.15) is 34.7 Å². The molecular weight excluding hydrogens is 554 g/mol. The van der Waals surface area contributed by atoms with Crippen molar-refractivity contribution in [2.45, 2.75) is 35.6 Å². The molecule has 206 valence electrons. The molecule has 1 fully saturated rings. The van der Waals surface area contributed by atoms with Gasteiger partial charge in [-0.25, -0.2) is 18.1 Å². The van der Waals surface area contributed by atoms with Gasteiger partial charge in [-0.05, 0) is 41.8 Å². The van der Waals surface area contributed by atoms with Crippen LogP contribution in [0, 0.1) is 0 Å². The third-order valence-electron chi connectivity index (χ3n) is 6.20. The smallest absolute Gasteiger partial charge is 0.387 e. The molecular formula is C25H24F2N4O6S2. The van der Waals surface area contributed by atoms with Crippen molar-refractivity contribution in [3.63, 3.8) is 0 Å². The first-order valence-electron chi connectivity index (χ1n) is 11.7. The number of carbonyl (C=O) groups excluding carboxylic acids is 1. The van der Waals surface area contributed by atoms with Gasteiger partial charge in [0.25, 0.3) is 0 Å². The van der Waals surface area contributed by atoms with Gasteiger partial charge in [-0.2, -0.15) is 8.78 Å². The summed E-state index contributed by atoms with van der Waals surface area (Å²) in [6, 6.07) is 17.8. The zero-order valence-corrected chi connectivity index (χ0v) is 21.8. The van der Waals surface area contributed by atoms with E-state index in [2.05, 4.69) is 24.1 Å². The molecule has 2 heterocycles. The molecule has 1 unspecified atom stereocenters. The Labute approximate surface area is 224 Å². The molecule has 0 saturated carbocycles. The lowest BCUT2D eigenvalue weighted by molar-refractivity contribution is -0.118. The predicted octanol–water partition coefficient (Wildman–Crippen LogP) is 4.65. The number of aromatic amines is 1. The highest BCUT2D eigenvalue weighted by Gasteiger charge is 2.38. The van der Waals surface area contributed by atoms with E-state index in [1.807, 2.05) is 6.07 Å². The van der Waals surface area contributed by atoms with Gasteiger partial charge in [0.15, 0.2) is 0 Å². The van der Waals surface area contributed by atoms with Crippen molar-refractivity contribution < 1.29 is 35.8 Å². The molecule has 0 spiro atoms. The Morgan fingerprint density at radius 1 is 1.08 bits per heavy atom. The van der Waals surface area contributed by atoms with Gasteiger partial charge in [0, 0.05) is 6.07 Å². The van der Waals surface area contributed by atoms with Gasteiger partial charge >= 0.3 is 6.61 Å². The number of sulfonamides is 1. The van der Waals surface area contributed by atoms with E-state index < -0.39 is 44.6 Å². The molecule has 0 bridgehead atoms. The molecule has 3 aromatic carbocycles. The number of para-hydroxylation sites is 2. The van der Waals surface area contributed by atoms with Crippen molar-refractivity contribution in [2.24, 2.45) is 0 Å². The zero-order valence-electron chi connectivity index (χ0n) is 20.1. The van der Waals surface area contributed by atoms with E-state index >= 15 is 0 Å². The van der Waals surface area contributed by atoms with Gasteiger partial charge in [-0.1, -0.05) is 42.5 Å². The number of alkyl halides is 2. The fraction of sp³-hybridized carbons (Fsp3) is 0.200. The van der Waals surface area contributed by atoms with Crippen LogP contribution in [0.4, 0.5) is 8.78 Å². The maximum absolute atomic E-state index is 13.3. The van der Waals surface area contributed by atoms with E-state index in [1.54, 1.807) is 42.5 Å². The van der Waals surface area contributed by atoms with Crippen molar-refractivity contribution in [3.05, 3.63) is 89.7 Å². The van der Waals surface area contributed by atoms with Gasteiger partial charge < -0.3 is 9.72 Å². The molecule has 5 N–H and O–H groups in total. The van der Waals surface area contributed by atoms with E-state index in [9.17, 15) is 31.1 Å². The number of rotatable bonds is 9. The molecule has 1 aliphatic heterocycles. The number of aromatic nitrogens is 2. The number of benzene rings is 3. The summed E-state index contributed by atoms with van der Waals surface area (Å²) in [5.41, 5.74) is 2.57. The van der Waals surface area contributed by atoms with Crippen molar-refractivity contribution in [3.8, 4) is 5.75 Å². The molecule has 10 nitrogen and oxygen atoms in total. The molecule has 1 aliphatic rings. The summed E-state index contributed by atoms with van der Waals surface area (Å²) in [5, 5.41) is -0.786. The summed E-state index contributed by atoms with van der Waals surface area (Å²) in [5.74, 6) is -0.412. The lowest BCUT2D eigenvalue weighted by Gasteiger charge is -2.32. The van der Waals surface area contributed by atoms with Crippen LogP contribution in [-0.4, -0.2) is 40.0 Å². The molecule has 5 rings (SSSR count). The Balaban J connectivity index is 1.44. The van der Waals surface area contributed by atoms with E-state index in [0.29, 0.717) is 28.0 Å². The number of fused-ring (bicyclic) bond motifs is 1. The van der Waals surface area contributed by atoms with Crippen LogP contribution in [0.5, 0.6) is 5.75 Å². The largest absolute Gasteiger partial charge is 0.435 e. The highest BCUT2D eigenvalue weighted by molar-refractivity contribution is 8.23. The lowest BCUT2D eigenvalue weighted by atomic mass is 10.0. The maximum Gasteiger partial charge on any atom is 0.387 e. The fourth-order valence-corrected chi connectivity index (χ4v) is 7.10. The van der Waals surface area contributed by atoms with Crippen molar-refractivity contribution in [1.29, 1.82) is 0 Å². The minimum absolute atomic E-state index is 0.0581.